The zero-order valence-electron chi connectivity index (χ0n) is 13.8. The number of anilines is 1. The molecule has 3 rings (SSSR count). The first kappa shape index (κ1) is 16.2. The van der Waals surface area contributed by atoms with Crippen molar-refractivity contribution in [2.45, 2.75) is 45.0 Å². The van der Waals surface area contributed by atoms with Gasteiger partial charge in [0.25, 0.3) is 0 Å². The number of para-hydroxylation sites is 1. The highest BCUT2D eigenvalue weighted by Crippen LogP contribution is 2.35. The Morgan fingerprint density at radius 2 is 2.22 bits per heavy atom. The molecule has 1 aromatic carbocycles. The lowest BCUT2D eigenvalue weighted by atomic mass is 9.93. The summed E-state index contributed by atoms with van der Waals surface area (Å²) in [5.41, 5.74) is 0.479. The van der Waals surface area contributed by atoms with E-state index in [4.69, 9.17) is 9.47 Å². The summed E-state index contributed by atoms with van der Waals surface area (Å²) in [5.74, 6) is -0.424. The standard InChI is InChI=1S/C17H23FN2O3/c1-11-5-4-6-14(18)15(11)19-16(21)20-9-12(2)23-17(10-20)7-8-22-13(17)3/h4-6,12-13H,7-10H2,1-3H3,(H,19,21)/t12-,13+,17+/m0/s1. The number of nitrogens with one attached hydrogen (secondary N) is 1. The molecule has 0 bridgehead atoms. The molecule has 0 radical (unpaired) electrons. The van der Waals surface area contributed by atoms with Crippen LogP contribution in [-0.4, -0.2) is 48.4 Å². The van der Waals surface area contributed by atoms with E-state index in [0.29, 0.717) is 25.3 Å². The van der Waals surface area contributed by atoms with E-state index in [9.17, 15) is 9.18 Å². The van der Waals surface area contributed by atoms with Crippen LogP contribution >= 0.6 is 0 Å². The molecule has 0 unspecified atom stereocenters. The van der Waals surface area contributed by atoms with Crippen LogP contribution in [0, 0.1) is 12.7 Å². The van der Waals surface area contributed by atoms with E-state index in [0.717, 1.165) is 6.42 Å². The van der Waals surface area contributed by atoms with Crippen LogP contribution < -0.4 is 5.32 Å². The minimum atomic E-state index is -0.459. The van der Waals surface area contributed by atoms with Gasteiger partial charge in [0.2, 0.25) is 0 Å². The Kier molecular flexibility index (Phi) is 4.29. The van der Waals surface area contributed by atoms with E-state index in [1.165, 1.54) is 6.07 Å². The molecular formula is C17H23FN2O3. The number of carbonyl (C=O) groups is 1. The lowest BCUT2D eigenvalue weighted by Crippen LogP contribution is -2.60. The van der Waals surface area contributed by atoms with Gasteiger partial charge in [-0.1, -0.05) is 12.1 Å². The molecule has 23 heavy (non-hydrogen) atoms. The summed E-state index contributed by atoms with van der Waals surface area (Å²) in [6, 6.07) is 4.45. The summed E-state index contributed by atoms with van der Waals surface area (Å²) in [7, 11) is 0. The Bertz CT molecular complexity index is 589. The number of hydrogen-bond acceptors (Lipinski definition) is 3. The highest BCUT2D eigenvalue weighted by atomic mass is 19.1. The van der Waals surface area contributed by atoms with Gasteiger partial charge in [-0.2, -0.15) is 0 Å². The molecule has 0 aliphatic carbocycles. The molecule has 126 valence electrons. The Balaban J connectivity index is 1.77. The lowest BCUT2D eigenvalue weighted by Gasteiger charge is -2.45. The van der Waals surface area contributed by atoms with E-state index in [-0.39, 0.29) is 23.9 Å². The predicted molar refractivity (Wildman–Crippen MR) is 85.0 cm³/mol. The number of nitrogens with zero attached hydrogens (tertiary/aromatic N) is 1. The number of ether oxygens (including phenoxy) is 2. The highest BCUT2D eigenvalue weighted by molar-refractivity contribution is 5.90. The number of rotatable bonds is 1. The molecule has 2 amide bonds. The number of morpholine rings is 1. The van der Waals surface area contributed by atoms with Gasteiger partial charge < -0.3 is 19.7 Å². The van der Waals surface area contributed by atoms with Gasteiger partial charge in [-0.25, -0.2) is 9.18 Å². The summed E-state index contributed by atoms with van der Waals surface area (Å²) >= 11 is 0. The maximum Gasteiger partial charge on any atom is 0.322 e. The largest absolute Gasteiger partial charge is 0.375 e. The number of amides is 2. The monoisotopic (exact) mass is 322 g/mol. The first-order valence-corrected chi connectivity index (χ1v) is 8.02. The fraction of sp³-hybridized carbons (Fsp3) is 0.588. The summed E-state index contributed by atoms with van der Waals surface area (Å²) in [4.78, 5) is 14.3. The Hall–Kier alpha value is -1.66. The lowest BCUT2D eigenvalue weighted by molar-refractivity contribution is -0.159. The molecule has 1 spiro atoms. The maximum atomic E-state index is 13.9. The van der Waals surface area contributed by atoms with Crippen molar-refractivity contribution >= 4 is 11.7 Å². The molecule has 2 heterocycles. The first-order chi connectivity index (χ1) is 10.9. The van der Waals surface area contributed by atoms with Crippen LogP contribution in [0.2, 0.25) is 0 Å². The topological polar surface area (TPSA) is 50.8 Å². The highest BCUT2D eigenvalue weighted by Gasteiger charge is 2.48. The van der Waals surface area contributed by atoms with Gasteiger partial charge in [0, 0.05) is 19.6 Å². The number of urea groups is 1. The molecule has 2 saturated heterocycles. The van der Waals surface area contributed by atoms with Crippen LogP contribution in [0.25, 0.3) is 0 Å². The molecule has 2 fully saturated rings. The van der Waals surface area contributed by atoms with Crippen molar-refractivity contribution < 1.29 is 18.7 Å². The number of carbonyl (C=O) groups excluding carboxylic acids is 1. The number of benzene rings is 1. The van der Waals surface area contributed by atoms with Crippen molar-refractivity contribution in [2.75, 3.05) is 25.0 Å². The van der Waals surface area contributed by atoms with Gasteiger partial charge in [0.1, 0.15) is 11.4 Å². The molecule has 0 saturated carbocycles. The van der Waals surface area contributed by atoms with E-state index < -0.39 is 11.4 Å². The SMILES string of the molecule is Cc1cccc(F)c1NC(=O)N1C[C@H](C)O[C@]2(CCO[C@@H]2C)C1. The van der Waals surface area contributed by atoms with Crippen LogP contribution in [0.1, 0.15) is 25.8 Å². The van der Waals surface area contributed by atoms with Gasteiger partial charge in [-0.15, -0.1) is 0 Å². The summed E-state index contributed by atoms with van der Waals surface area (Å²) in [6.07, 6.45) is 0.622. The van der Waals surface area contributed by atoms with Gasteiger partial charge >= 0.3 is 6.03 Å². The van der Waals surface area contributed by atoms with Crippen molar-refractivity contribution in [3.63, 3.8) is 0 Å². The third-order valence-corrected chi connectivity index (χ3v) is 4.75. The van der Waals surface area contributed by atoms with Crippen molar-refractivity contribution in [3.8, 4) is 0 Å². The third kappa shape index (κ3) is 3.05. The molecule has 1 N–H and O–H groups in total. The molecule has 2 aliphatic rings. The fourth-order valence-electron chi connectivity index (χ4n) is 3.43. The molecule has 1 aromatic rings. The van der Waals surface area contributed by atoms with E-state index in [1.54, 1.807) is 24.0 Å². The normalized spacial score (nSPS) is 30.7. The molecule has 0 aromatic heterocycles. The van der Waals surface area contributed by atoms with Crippen LogP contribution in [0.5, 0.6) is 0 Å². The van der Waals surface area contributed by atoms with E-state index >= 15 is 0 Å². The second kappa shape index (κ2) is 6.09. The quantitative estimate of drug-likeness (QED) is 0.865. The Morgan fingerprint density at radius 3 is 2.87 bits per heavy atom. The fourth-order valence-corrected chi connectivity index (χ4v) is 3.43. The van der Waals surface area contributed by atoms with Gasteiger partial charge in [0.15, 0.2) is 0 Å². The minimum absolute atomic E-state index is 0.0595. The van der Waals surface area contributed by atoms with Crippen molar-refractivity contribution in [3.05, 3.63) is 29.6 Å². The number of hydrogen-bond donors (Lipinski definition) is 1. The molecule has 2 aliphatic heterocycles. The zero-order valence-corrected chi connectivity index (χ0v) is 13.8. The average Bonchev–Trinajstić information content (AvgIpc) is 2.82. The molecular weight excluding hydrogens is 299 g/mol. The van der Waals surface area contributed by atoms with E-state index in [2.05, 4.69) is 5.32 Å². The summed E-state index contributed by atoms with van der Waals surface area (Å²) < 4.78 is 25.7. The maximum absolute atomic E-state index is 13.9. The second-order valence-corrected chi connectivity index (χ2v) is 6.50. The van der Waals surface area contributed by atoms with Crippen LogP contribution in [0.3, 0.4) is 0 Å². The predicted octanol–water partition coefficient (Wildman–Crippen LogP) is 2.93. The van der Waals surface area contributed by atoms with Crippen LogP contribution in [-0.2, 0) is 9.47 Å². The molecule has 5 nitrogen and oxygen atoms in total. The number of halogens is 1. The second-order valence-electron chi connectivity index (χ2n) is 6.50. The van der Waals surface area contributed by atoms with Crippen molar-refractivity contribution in [1.82, 2.24) is 4.90 Å². The van der Waals surface area contributed by atoms with Gasteiger partial charge in [-0.3, -0.25) is 0 Å². The first-order valence-electron chi connectivity index (χ1n) is 8.02. The Morgan fingerprint density at radius 1 is 1.43 bits per heavy atom. The van der Waals surface area contributed by atoms with Crippen molar-refractivity contribution in [2.24, 2.45) is 0 Å². The van der Waals surface area contributed by atoms with Crippen LogP contribution in [0.4, 0.5) is 14.9 Å². The smallest absolute Gasteiger partial charge is 0.322 e. The number of aryl methyl sites for hydroxylation is 1. The zero-order chi connectivity index (χ0) is 16.6. The van der Waals surface area contributed by atoms with Gasteiger partial charge in [0.05, 0.1) is 24.4 Å². The summed E-state index contributed by atoms with van der Waals surface area (Å²) in [5, 5.41) is 2.71. The summed E-state index contributed by atoms with van der Waals surface area (Å²) in [6.45, 7) is 7.26. The third-order valence-electron chi connectivity index (χ3n) is 4.75. The van der Waals surface area contributed by atoms with Crippen LogP contribution in [0.15, 0.2) is 18.2 Å². The van der Waals surface area contributed by atoms with Crippen molar-refractivity contribution in [1.29, 1.82) is 0 Å². The molecule has 6 heteroatoms. The van der Waals surface area contributed by atoms with Gasteiger partial charge in [-0.05, 0) is 32.4 Å². The molecule has 3 atom stereocenters. The van der Waals surface area contributed by atoms with E-state index in [1.807, 2.05) is 13.8 Å². The Labute approximate surface area is 135 Å². The average molecular weight is 322 g/mol. The minimum Gasteiger partial charge on any atom is -0.375 e.